The number of nitrogens with one attached hydrogen (secondary N) is 2. The fourth-order valence-corrected chi connectivity index (χ4v) is 5.57. The molecule has 1 aromatic carbocycles. The van der Waals surface area contributed by atoms with Crippen LogP contribution in [0.15, 0.2) is 24.3 Å². The van der Waals surface area contributed by atoms with Crippen LogP contribution in [0.3, 0.4) is 0 Å². The summed E-state index contributed by atoms with van der Waals surface area (Å²) in [6.07, 6.45) is 5.89. The van der Waals surface area contributed by atoms with E-state index >= 15 is 0 Å². The third-order valence-electron chi connectivity index (χ3n) is 6.58. The number of carbonyl (C=O) groups excluding carboxylic acids is 1. The van der Waals surface area contributed by atoms with Gasteiger partial charge in [-0.3, -0.25) is 0 Å². The maximum Gasteiger partial charge on any atom is 0.317 e. The number of fused-ring (bicyclic) bond motifs is 1. The lowest BCUT2D eigenvalue weighted by Gasteiger charge is -2.34. The van der Waals surface area contributed by atoms with Crippen LogP contribution in [0.5, 0.6) is 0 Å². The highest BCUT2D eigenvalue weighted by atomic mass is 32.1. The van der Waals surface area contributed by atoms with E-state index in [4.69, 9.17) is 10.1 Å². The van der Waals surface area contributed by atoms with Crippen molar-refractivity contribution in [3.8, 4) is 11.3 Å². The van der Waals surface area contributed by atoms with E-state index in [9.17, 15) is 4.79 Å². The predicted molar refractivity (Wildman–Crippen MR) is 134 cm³/mol. The van der Waals surface area contributed by atoms with Crippen LogP contribution in [0.1, 0.15) is 44.6 Å². The molecule has 2 aliphatic rings. The number of urea groups is 1. The van der Waals surface area contributed by atoms with Gasteiger partial charge in [0.05, 0.1) is 0 Å². The van der Waals surface area contributed by atoms with Crippen molar-refractivity contribution >= 4 is 33.3 Å². The lowest BCUT2D eigenvalue weighted by atomic mass is 10.1. The zero-order valence-electron chi connectivity index (χ0n) is 19.5. The Morgan fingerprint density at radius 2 is 1.85 bits per heavy atom. The molecule has 1 aliphatic carbocycles. The Morgan fingerprint density at radius 3 is 2.55 bits per heavy atom. The summed E-state index contributed by atoms with van der Waals surface area (Å²) in [6, 6.07) is 9.07. The first-order valence-corrected chi connectivity index (χ1v) is 12.9. The quantitative estimate of drug-likeness (QED) is 0.563. The summed E-state index contributed by atoms with van der Waals surface area (Å²) in [6.45, 7) is 7.88. The highest BCUT2D eigenvalue weighted by Crippen LogP contribution is 2.35. The number of imidazole rings is 1. The molecule has 1 saturated carbocycles. The van der Waals surface area contributed by atoms with Gasteiger partial charge < -0.3 is 20.4 Å². The van der Waals surface area contributed by atoms with E-state index in [1.54, 1.807) is 11.3 Å². The molecule has 3 aromatic rings. The molecule has 33 heavy (non-hydrogen) atoms. The minimum atomic E-state index is 0.0382. The zero-order chi connectivity index (χ0) is 22.8. The van der Waals surface area contributed by atoms with Crippen molar-refractivity contribution in [1.29, 1.82) is 0 Å². The Labute approximate surface area is 199 Å². The van der Waals surface area contributed by atoms with E-state index in [0.717, 1.165) is 53.2 Å². The molecule has 0 radical (unpaired) electrons. The highest BCUT2D eigenvalue weighted by Gasteiger charge is 2.26. The molecule has 1 saturated heterocycles. The molecule has 9 heteroatoms. The van der Waals surface area contributed by atoms with Crippen LogP contribution in [0.25, 0.3) is 16.2 Å². The first-order valence-electron chi connectivity index (χ1n) is 12.1. The van der Waals surface area contributed by atoms with Crippen LogP contribution in [0, 0.1) is 6.92 Å². The van der Waals surface area contributed by atoms with Gasteiger partial charge >= 0.3 is 6.03 Å². The molecular weight excluding hydrogens is 434 g/mol. The summed E-state index contributed by atoms with van der Waals surface area (Å²) in [7, 11) is 0. The molecule has 2 fully saturated rings. The molecule has 8 nitrogen and oxygen atoms in total. The van der Waals surface area contributed by atoms with Crippen molar-refractivity contribution in [3.63, 3.8) is 0 Å². The molecule has 0 spiro atoms. The molecule has 1 aliphatic heterocycles. The fraction of sp³-hybridized carbons (Fsp3) is 0.542. The van der Waals surface area contributed by atoms with Gasteiger partial charge in [-0.15, -0.1) is 5.10 Å². The number of aromatic nitrogens is 3. The van der Waals surface area contributed by atoms with E-state index in [-0.39, 0.29) is 6.03 Å². The van der Waals surface area contributed by atoms with Crippen LogP contribution in [-0.4, -0.2) is 64.3 Å². The molecule has 3 heterocycles. The molecule has 0 unspecified atom stereocenters. The Bertz CT molecular complexity index is 1090. The molecule has 0 bridgehead atoms. The average Bonchev–Trinajstić information content (AvgIpc) is 3.56. The second-order valence-electron chi connectivity index (χ2n) is 9.09. The average molecular weight is 468 g/mol. The lowest BCUT2D eigenvalue weighted by Crippen LogP contribution is -2.52. The van der Waals surface area contributed by atoms with Gasteiger partial charge in [0.1, 0.15) is 5.69 Å². The number of rotatable bonds is 6. The topological polar surface area (TPSA) is 77.8 Å². The number of anilines is 2. The minimum Gasteiger partial charge on any atom is -0.365 e. The maximum absolute atomic E-state index is 12.3. The largest absolute Gasteiger partial charge is 0.365 e. The summed E-state index contributed by atoms with van der Waals surface area (Å²) >= 11 is 1.63. The third kappa shape index (κ3) is 4.64. The zero-order valence-corrected chi connectivity index (χ0v) is 20.3. The second kappa shape index (κ2) is 9.59. The number of carbonyl (C=O) groups is 1. The van der Waals surface area contributed by atoms with Crippen molar-refractivity contribution in [1.82, 2.24) is 24.8 Å². The first-order chi connectivity index (χ1) is 16.1. The van der Waals surface area contributed by atoms with Crippen LogP contribution in [0.2, 0.25) is 0 Å². The van der Waals surface area contributed by atoms with Crippen molar-refractivity contribution in [2.24, 2.45) is 0 Å². The van der Waals surface area contributed by atoms with Crippen LogP contribution < -0.4 is 15.5 Å². The molecular formula is C24H33N7OS. The number of aryl methyl sites for hydroxylation is 1. The Morgan fingerprint density at radius 1 is 1.12 bits per heavy atom. The van der Waals surface area contributed by atoms with E-state index < -0.39 is 0 Å². The van der Waals surface area contributed by atoms with Crippen LogP contribution in [0.4, 0.5) is 15.7 Å². The van der Waals surface area contributed by atoms with Gasteiger partial charge in [-0.25, -0.2) is 9.78 Å². The summed E-state index contributed by atoms with van der Waals surface area (Å²) in [5, 5.41) is 12.7. The van der Waals surface area contributed by atoms with Crippen LogP contribution >= 0.6 is 11.3 Å². The SMILES string of the molecule is CCCNC(=O)N1CCN(c2nn3c(NC4CCCC4)c(-c4ccc(C)cc4)nc3s2)CC1. The number of benzene rings is 1. The normalized spacial score (nSPS) is 17.2. The van der Waals surface area contributed by atoms with Gasteiger partial charge in [0.15, 0.2) is 5.82 Å². The Balaban J connectivity index is 1.38. The first kappa shape index (κ1) is 22.0. The van der Waals surface area contributed by atoms with E-state index in [2.05, 4.69) is 53.6 Å². The van der Waals surface area contributed by atoms with E-state index in [1.165, 1.54) is 31.2 Å². The van der Waals surface area contributed by atoms with E-state index in [1.807, 2.05) is 9.42 Å². The van der Waals surface area contributed by atoms with Gasteiger partial charge in [-0.05, 0) is 26.2 Å². The van der Waals surface area contributed by atoms with Crippen molar-refractivity contribution in [2.75, 3.05) is 42.9 Å². The molecule has 0 atom stereocenters. The number of nitrogens with zero attached hydrogens (tertiary/aromatic N) is 5. The smallest absolute Gasteiger partial charge is 0.317 e. The summed E-state index contributed by atoms with van der Waals surface area (Å²) in [5.41, 5.74) is 3.34. The maximum atomic E-state index is 12.3. The standard InChI is InChI=1S/C24H33N7OS/c1-3-12-25-22(32)29-13-15-30(16-14-29)24-28-31-21(26-19-6-4-5-7-19)20(27-23(31)33-24)18-10-8-17(2)9-11-18/h8-11,19,26H,3-7,12-16H2,1-2H3,(H,25,32). The Kier molecular flexibility index (Phi) is 6.39. The number of hydrogen-bond donors (Lipinski definition) is 2. The molecule has 2 aromatic heterocycles. The van der Waals surface area contributed by atoms with Gasteiger partial charge in [-0.2, -0.15) is 4.52 Å². The number of hydrogen-bond acceptors (Lipinski definition) is 6. The summed E-state index contributed by atoms with van der Waals surface area (Å²) in [4.78, 5) is 22.3. The van der Waals surface area contributed by atoms with Crippen molar-refractivity contribution in [3.05, 3.63) is 29.8 Å². The third-order valence-corrected chi connectivity index (χ3v) is 7.55. The highest BCUT2D eigenvalue weighted by molar-refractivity contribution is 7.20. The number of piperazine rings is 1. The lowest BCUT2D eigenvalue weighted by molar-refractivity contribution is 0.194. The monoisotopic (exact) mass is 467 g/mol. The van der Waals surface area contributed by atoms with Gasteiger partial charge in [0.25, 0.3) is 0 Å². The second-order valence-corrected chi connectivity index (χ2v) is 10.0. The summed E-state index contributed by atoms with van der Waals surface area (Å²) in [5.74, 6) is 1.00. The predicted octanol–water partition coefficient (Wildman–Crippen LogP) is 4.36. The number of amides is 2. The molecule has 2 N–H and O–H groups in total. The fourth-order valence-electron chi connectivity index (χ4n) is 4.62. The summed E-state index contributed by atoms with van der Waals surface area (Å²) < 4.78 is 1.99. The van der Waals surface area contributed by atoms with E-state index in [0.29, 0.717) is 19.1 Å². The van der Waals surface area contributed by atoms with Gasteiger partial charge in [0.2, 0.25) is 10.1 Å². The minimum absolute atomic E-state index is 0.0382. The Hall–Kier alpha value is -2.81. The van der Waals surface area contributed by atoms with Gasteiger partial charge in [0, 0.05) is 44.3 Å². The molecule has 5 rings (SSSR count). The van der Waals surface area contributed by atoms with Gasteiger partial charge in [-0.1, -0.05) is 60.9 Å². The molecule has 2 amide bonds. The van der Waals surface area contributed by atoms with Crippen LogP contribution in [-0.2, 0) is 0 Å². The van der Waals surface area contributed by atoms with Crippen molar-refractivity contribution in [2.45, 2.75) is 52.0 Å². The molecule has 176 valence electrons. The van der Waals surface area contributed by atoms with Crippen molar-refractivity contribution < 1.29 is 4.79 Å².